The number of carbonyl (C=O) groups excluding carboxylic acids is 2. The molecular weight excluding hydrogens is 476 g/mol. The van der Waals surface area contributed by atoms with Crippen LogP contribution in [0.25, 0.3) is 0 Å². The number of carbonyl (C=O) groups is 2. The van der Waals surface area contributed by atoms with Crippen LogP contribution in [0.4, 0.5) is 0 Å². The Bertz CT molecular complexity index is 1300. The number of amides is 1. The Morgan fingerprint density at radius 3 is 2.47 bits per heavy atom. The fraction of sp³-hybridized carbons (Fsp3) is 0.321. The van der Waals surface area contributed by atoms with Gasteiger partial charge in [-0.2, -0.15) is 0 Å². The number of aryl methyl sites for hydroxylation is 2. The molecule has 1 N–H and O–H groups in total. The summed E-state index contributed by atoms with van der Waals surface area (Å²) in [5.74, 6) is -0.394. The van der Waals surface area contributed by atoms with E-state index in [0.29, 0.717) is 40.8 Å². The standard InChI is InChI=1S/C28H30N2O5S/c1-5-14-35-21-13-12-20(15-22(21)34-6-2)24-23(25(31)27-17(3)29-18(4)36-27)26(32)28(33)30(24)16-19-10-8-7-9-11-19/h7-13,15,24,32H,5-6,14,16H2,1-4H3. The van der Waals surface area contributed by atoms with Gasteiger partial charge in [-0.25, -0.2) is 4.98 Å². The van der Waals surface area contributed by atoms with Crippen LogP contribution in [0.15, 0.2) is 59.9 Å². The van der Waals surface area contributed by atoms with E-state index in [1.54, 1.807) is 19.1 Å². The maximum atomic E-state index is 13.8. The predicted octanol–water partition coefficient (Wildman–Crippen LogP) is 5.73. The molecule has 0 saturated carbocycles. The molecule has 0 spiro atoms. The number of thiazole rings is 1. The highest BCUT2D eigenvalue weighted by Gasteiger charge is 2.44. The fourth-order valence-corrected chi connectivity index (χ4v) is 5.21. The molecule has 1 atom stereocenters. The second kappa shape index (κ2) is 11.0. The van der Waals surface area contributed by atoms with Gasteiger partial charge >= 0.3 is 0 Å². The lowest BCUT2D eigenvalue weighted by Gasteiger charge is -2.27. The average Bonchev–Trinajstić information content (AvgIpc) is 3.34. The molecule has 1 amide bonds. The van der Waals surface area contributed by atoms with Crippen molar-refractivity contribution < 1.29 is 24.2 Å². The number of ketones is 1. The molecule has 1 unspecified atom stereocenters. The van der Waals surface area contributed by atoms with Crippen molar-refractivity contribution in [1.82, 2.24) is 9.88 Å². The van der Waals surface area contributed by atoms with Gasteiger partial charge in [-0.1, -0.05) is 43.3 Å². The summed E-state index contributed by atoms with van der Waals surface area (Å²) in [6.07, 6.45) is 0.845. The monoisotopic (exact) mass is 506 g/mol. The van der Waals surface area contributed by atoms with Crippen molar-refractivity contribution in [2.45, 2.75) is 46.7 Å². The Morgan fingerprint density at radius 1 is 1.08 bits per heavy atom. The van der Waals surface area contributed by atoms with E-state index in [0.717, 1.165) is 17.0 Å². The quantitative estimate of drug-likeness (QED) is 0.354. The highest BCUT2D eigenvalue weighted by Crippen LogP contribution is 2.43. The Hall–Kier alpha value is -3.65. The van der Waals surface area contributed by atoms with Crippen LogP contribution in [0.3, 0.4) is 0 Å². The maximum absolute atomic E-state index is 13.8. The lowest BCUT2D eigenvalue weighted by molar-refractivity contribution is -0.130. The van der Waals surface area contributed by atoms with Gasteiger partial charge in [0.05, 0.1) is 40.4 Å². The first-order valence-electron chi connectivity index (χ1n) is 12.0. The molecule has 188 valence electrons. The first-order valence-corrected chi connectivity index (χ1v) is 12.8. The molecule has 0 aliphatic carbocycles. The van der Waals surface area contributed by atoms with E-state index in [-0.39, 0.29) is 12.1 Å². The molecule has 2 heterocycles. The molecule has 0 saturated heterocycles. The SMILES string of the molecule is CCCOc1ccc(C2C(C(=O)c3sc(C)nc3C)=C(O)C(=O)N2Cc2ccccc2)cc1OCC. The zero-order chi connectivity index (χ0) is 25.8. The Labute approximate surface area is 215 Å². The summed E-state index contributed by atoms with van der Waals surface area (Å²) in [5.41, 5.74) is 2.16. The number of aromatic nitrogens is 1. The Kier molecular flexibility index (Phi) is 7.74. The van der Waals surface area contributed by atoms with E-state index in [2.05, 4.69) is 4.98 Å². The third kappa shape index (κ3) is 4.99. The van der Waals surface area contributed by atoms with Crippen LogP contribution in [-0.2, 0) is 11.3 Å². The zero-order valence-corrected chi connectivity index (χ0v) is 21.7. The predicted molar refractivity (Wildman–Crippen MR) is 139 cm³/mol. The number of aliphatic hydroxyl groups excluding tert-OH is 1. The van der Waals surface area contributed by atoms with Crippen molar-refractivity contribution in [2.24, 2.45) is 0 Å². The summed E-state index contributed by atoms with van der Waals surface area (Å²) >= 11 is 1.26. The minimum atomic E-state index is -0.800. The normalized spacial score (nSPS) is 15.5. The van der Waals surface area contributed by atoms with Crippen LogP contribution in [-0.4, -0.2) is 39.9 Å². The third-order valence-electron chi connectivity index (χ3n) is 5.90. The smallest absolute Gasteiger partial charge is 0.290 e. The second-order valence-corrected chi connectivity index (χ2v) is 9.75. The van der Waals surface area contributed by atoms with E-state index in [1.807, 2.05) is 57.2 Å². The summed E-state index contributed by atoms with van der Waals surface area (Å²) < 4.78 is 11.7. The molecule has 0 radical (unpaired) electrons. The summed E-state index contributed by atoms with van der Waals surface area (Å²) in [7, 11) is 0. The van der Waals surface area contributed by atoms with Gasteiger partial charge in [0.15, 0.2) is 17.3 Å². The molecule has 8 heteroatoms. The molecule has 1 aliphatic heterocycles. The zero-order valence-electron chi connectivity index (χ0n) is 20.9. The van der Waals surface area contributed by atoms with Crippen LogP contribution in [0.1, 0.15) is 57.8 Å². The minimum absolute atomic E-state index is 0.0485. The highest BCUT2D eigenvalue weighted by molar-refractivity contribution is 7.14. The maximum Gasteiger partial charge on any atom is 0.290 e. The van der Waals surface area contributed by atoms with Crippen molar-refractivity contribution >= 4 is 23.0 Å². The minimum Gasteiger partial charge on any atom is -0.503 e. The van der Waals surface area contributed by atoms with Crippen molar-refractivity contribution in [2.75, 3.05) is 13.2 Å². The van der Waals surface area contributed by atoms with E-state index in [9.17, 15) is 14.7 Å². The van der Waals surface area contributed by atoms with Crippen LogP contribution < -0.4 is 9.47 Å². The van der Waals surface area contributed by atoms with Crippen molar-refractivity contribution in [3.63, 3.8) is 0 Å². The number of nitrogens with zero attached hydrogens (tertiary/aromatic N) is 2. The highest BCUT2D eigenvalue weighted by atomic mass is 32.1. The van der Waals surface area contributed by atoms with E-state index < -0.39 is 23.5 Å². The van der Waals surface area contributed by atoms with Gasteiger partial charge in [-0.05, 0) is 50.5 Å². The van der Waals surface area contributed by atoms with Crippen LogP contribution in [0.5, 0.6) is 11.5 Å². The molecule has 0 fully saturated rings. The lowest BCUT2D eigenvalue weighted by Crippen LogP contribution is -2.30. The Balaban J connectivity index is 1.83. The van der Waals surface area contributed by atoms with Gasteiger partial charge in [-0.15, -0.1) is 11.3 Å². The van der Waals surface area contributed by atoms with Crippen molar-refractivity contribution in [3.8, 4) is 11.5 Å². The van der Waals surface area contributed by atoms with Gasteiger partial charge in [0.1, 0.15) is 0 Å². The van der Waals surface area contributed by atoms with Crippen molar-refractivity contribution in [1.29, 1.82) is 0 Å². The van der Waals surface area contributed by atoms with Gasteiger partial charge in [0.2, 0.25) is 5.78 Å². The topological polar surface area (TPSA) is 89.0 Å². The summed E-state index contributed by atoms with van der Waals surface area (Å²) in [6.45, 7) is 8.68. The first kappa shape index (κ1) is 25.4. The molecular formula is C28H30N2O5S. The van der Waals surface area contributed by atoms with Crippen LogP contribution in [0, 0.1) is 13.8 Å². The number of rotatable bonds is 10. The number of ether oxygens (including phenoxy) is 2. The second-order valence-electron chi connectivity index (χ2n) is 8.55. The summed E-state index contributed by atoms with van der Waals surface area (Å²) in [4.78, 5) is 33.4. The molecule has 7 nitrogen and oxygen atoms in total. The molecule has 4 rings (SSSR count). The van der Waals surface area contributed by atoms with E-state index in [1.165, 1.54) is 16.2 Å². The van der Waals surface area contributed by atoms with Gasteiger partial charge in [0.25, 0.3) is 5.91 Å². The molecule has 36 heavy (non-hydrogen) atoms. The number of hydrogen-bond acceptors (Lipinski definition) is 7. The van der Waals surface area contributed by atoms with Crippen molar-refractivity contribution in [3.05, 3.63) is 86.6 Å². The number of benzene rings is 2. The molecule has 1 aliphatic rings. The summed E-state index contributed by atoms with van der Waals surface area (Å²) in [5, 5.41) is 11.8. The molecule has 3 aromatic rings. The fourth-order valence-electron chi connectivity index (χ4n) is 4.33. The molecule has 0 bridgehead atoms. The first-order chi connectivity index (χ1) is 17.3. The largest absolute Gasteiger partial charge is 0.503 e. The van der Waals surface area contributed by atoms with E-state index >= 15 is 0 Å². The van der Waals surface area contributed by atoms with Gasteiger partial charge < -0.3 is 19.5 Å². The van der Waals surface area contributed by atoms with Crippen LogP contribution in [0.2, 0.25) is 0 Å². The molecule has 1 aromatic heterocycles. The Morgan fingerprint density at radius 2 is 1.83 bits per heavy atom. The van der Waals surface area contributed by atoms with Gasteiger partial charge in [0, 0.05) is 6.54 Å². The molecule has 2 aromatic carbocycles. The van der Waals surface area contributed by atoms with Crippen LogP contribution >= 0.6 is 11.3 Å². The lowest BCUT2D eigenvalue weighted by atomic mass is 9.94. The van der Waals surface area contributed by atoms with E-state index in [4.69, 9.17) is 9.47 Å². The number of hydrogen-bond donors (Lipinski definition) is 1. The number of aliphatic hydroxyl groups is 1. The number of Topliss-reactive ketones (excluding diaryl/α,β-unsaturated/α-hetero) is 1. The summed E-state index contributed by atoms with van der Waals surface area (Å²) in [6, 6.07) is 14.1. The van der Waals surface area contributed by atoms with Gasteiger partial charge in [-0.3, -0.25) is 9.59 Å². The average molecular weight is 507 g/mol. The third-order valence-corrected chi connectivity index (χ3v) is 6.97.